The molecule has 6 nitrogen and oxygen atoms in total. The molecule has 1 aliphatic rings. The summed E-state index contributed by atoms with van der Waals surface area (Å²) in [5.41, 5.74) is 2.28. The fraction of sp³-hybridized carbons (Fsp3) is 0.316. The molecule has 1 atom stereocenters. The first-order chi connectivity index (χ1) is 12.8. The number of hydrogen-bond acceptors (Lipinski definition) is 4. The average molecular weight is 391 g/mol. The Morgan fingerprint density at radius 2 is 1.85 bits per heavy atom. The van der Waals surface area contributed by atoms with Crippen LogP contribution < -0.4 is 10.0 Å². The number of nitrogens with zero attached hydrogens (tertiary/aromatic N) is 1. The van der Waals surface area contributed by atoms with Gasteiger partial charge >= 0.3 is 0 Å². The molecule has 1 amide bonds. The van der Waals surface area contributed by atoms with Crippen LogP contribution >= 0.6 is 0 Å². The zero-order chi connectivity index (χ0) is 19.6. The minimum atomic E-state index is -3.72. The maximum absolute atomic E-state index is 13.2. The van der Waals surface area contributed by atoms with Gasteiger partial charge in [-0.1, -0.05) is 12.1 Å². The molecule has 0 radical (unpaired) electrons. The molecular weight excluding hydrogens is 369 g/mol. The summed E-state index contributed by atoms with van der Waals surface area (Å²) in [7, 11) is -0.0411. The third-order valence-electron chi connectivity index (χ3n) is 4.63. The van der Waals surface area contributed by atoms with E-state index >= 15 is 0 Å². The van der Waals surface area contributed by atoms with E-state index in [0.29, 0.717) is 18.5 Å². The van der Waals surface area contributed by atoms with Crippen LogP contribution in [0.2, 0.25) is 0 Å². The summed E-state index contributed by atoms with van der Waals surface area (Å²) in [6.07, 6.45) is 0.859. The number of anilines is 1. The van der Waals surface area contributed by atoms with E-state index in [0.717, 1.165) is 11.1 Å². The zero-order valence-corrected chi connectivity index (χ0v) is 16.0. The van der Waals surface area contributed by atoms with Crippen molar-refractivity contribution >= 4 is 21.6 Å². The van der Waals surface area contributed by atoms with Crippen LogP contribution in [-0.4, -0.2) is 39.9 Å². The third-order valence-corrected chi connectivity index (χ3v) is 6.05. The third kappa shape index (κ3) is 4.52. The van der Waals surface area contributed by atoms with E-state index in [2.05, 4.69) is 10.0 Å². The molecule has 3 rings (SSSR count). The number of carbonyl (C=O) groups is 1. The Kier molecular flexibility index (Phi) is 5.59. The number of fused-ring (bicyclic) bond motifs is 1. The van der Waals surface area contributed by atoms with E-state index in [1.165, 1.54) is 18.2 Å². The Balaban J connectivity index is 1.77. The number of aryl methyl sites for hydroxylation is 1. The smallest absolute Gasteiger partial charge is 0.240 e. The lowest BCUT2D eigenvalue weighted by Crippen LogP contribution is -2.34. The summed E-state index contributed by atoms with van der Waals surface area (Å²) in [5, 5.41) is 2.74. The van der Waals surface area contributed by atoms with Crippen LogP contribution in [0.1, 0.15) is 23.6 Å². The number of benzene rings is 2. The largest absolute Gasteiger partial charge is 0.326 e. The van der Waals surface area contributed by atoms with Gasteiger partial charge in [0.2, 0.25) is 15.9 Å². The van der Waals surface area contributed by atoms with Crippen molar-refractivity contribution in [3.63, 3.8) is 0 Å². The summed E-state index contributed by atoms with van der Waals surface area (Å²) in [6.45, 7) is 0.148. The highest BCUT2D eigenvalue weighted by Gasteiger charge is 2.22. The standard InChI is InChI=1S/C19H22FN3O3S/c1-23(2)18(13-3-6-15(20)7-4-13)12-21-27(25,26)16-8-9-17-14(11-16)5-10-19(24)22-17/h3-4,6-9,11,18,21H,5,10,12H2,1-2H3,(H,22,24)/t18-/m0/s1. The van der Waals surface area contributed by atoms with E-state index in [1.54, 1.807) is 24.3 Å². The summed E-state index contributed by atoms with van der Waals surface area (Å²) in [6, 6.07) is 10.5. The summed E-state index contributed by atoms with van der Waals surface area (Å²) < 4.78 is 41.2. The molecule has 1 heterocycles. The van der Waals surface area contributed by atoms with Gasteiger partial charge in [0.1, 0.15) is 5.82 Å². The molecule has 0 unspecified atom stereocenters. The number of likely N-dealkylation sites (N-methyl/N-ethyl adjacent to an activating group) is 1. The molecule has 0 saturated heterocycles. The van der Waals surface area contributed by atoms with Crippen molar-refractivity contribution in [3.05, 3.63) is 59.4 Å². The molecular formula is C19H22FN3O3S. The zero-order valence-electron chi connectivity index (χ0n) is 15.2. The number of sulfonamides is 1. The maximum atomic E-state index is 13.2. The van der Waals surface area contributed by atoms with Gasteiger partial charge in [0.05, 0.1) is 4.90 Å². The maximum Gasteiger partial charge on any atom is 0.240 e. The number of hydrogen-bond donors (Lipinski definition) is 2. The number of halogens is 1. The lowest BCUT2D eigenvalue weighted by atomic mass is 10.0. The van der Waals surface area contributed by atoms with E-state index in [9.17, 15) is 17.6 Å². The van der Waals surface area contributed by atoms with E-state index in [4.69, 9.17) is 0 Å². The van der Waals surface area contributed by atoms with Crippen molar-refractivity contribution in [2.75, 3.05) is 26.0 Å². The van der Waals surface area contributed by atoms with Crippen LogP contribution in [-0.2, 0) is 21.2 Å². The second-order valence-corrected chi connectivity index (χ2v) is 8.52. The van der Waals surface area contributed by atoms with Gasteiger partial charge in [-0.2, -0.15) is 0 Å². The number of rotatable bonds is 6. The van der Waals surface area contributed by atoms with Crippen molar-refractivity contribution in [2.45, 2.75) is 23.8 Å². The van der Waals surface area contributed by atoms with Crippen LogP contribution in [0.3, 0.4) is 0 Å². The molecule has 0 aliphatic carbocycles. The van der Waals surface area contributed by atoms with Gasteiger partial charge in [0, 0.05) is 24.7 Å². The molecule has 1 aliphatic heterocycles. The first-order valence-electron chi connectivity index (χ1n) is 8.60. The fourth-order valence-corrected chi connectivity index (χ4v) is 4.17. The first kappa shape index (κ1) is 19.5. The Bertz CT molecular complexity index is 943. The van der Waals surface area contributed by atoms with Gasteiger partial charge in [0.25, 0.3) is 0 Å². The van der Waals surface area contributed by atoms with Crippen molar-refractivity contribution < 1.29 is 17.6 Å². The molecule has 2 N–H and O–H groups in total. The minimum Gasteiger partial charge on any atom is -0.326 e. The van der Waals surface area contributed by atoms with Gasteiger partial charge in [-0.3, -0.25) is 4.79 Å². The van der Waals surface area contributed by atoms with E-state index < -0.39 is 10.0 Å². The predicted molar refractivity (Wildman–Crippen MR) is 101 cm³/mol. The van der Waals surface area contributed by atoms with Crippen molar-refractivity contribution in [1.29, 1.82) is 0 Å². The van der Waals surface area contributed by atoms with Crippen LogP contribution in [0.4, 0.5) is 10.1 Å². The van der Waals surface area contributed by atoms with E-state index in [1.807, 2.05) is 19.0 Å². The van der Waals surface area contributed by atoms with Gasteiger partial charge in [-0.15, -0.1) is 0 Å². The van der Waals surface area contributed by atoms with Crippen LogP contribution in [0.5, 0.6) is 0 Å². The molecule has 27 heavy (non-hydrogen) atoms. The van der Waals surface area contributed by atoms with Crippen LogP contribution in [0.25, 0.3) is 0 Å². The first-order valence-corrected chi connectivity index (χ1v) is 10.1. The monoisotopic (exact) mass is 391 g/mol. The second kappa shape index (κ2) is 7.75. The predicted octanol–water partition coefficient (Wildman–Crippen LogP) is 2.29. The van der Waals surface area contributed by atoms with Gasteiger partial charge in [-0.25, -0.2) is 17.5 Å². The fourth-order valence-electron chi connectivity index (χ4n) is 3.08. The number of nitrogens with one attached hydrogen (secondary N) is 2. The van der Waals surface area contributed by atoms with Gasteiger partial charge in [0.15, 0.2) is 0 Å². The Labute approximate surface area is 158 Å². The lowest BCUT2D eigenvalue weighted by Gasteiger charge is -2.25. The number of amides is 1. The van der Waals surface area contributed by atoms with Crippen molar-refractivity contribution in [3.8, 4) is 0 Å². The molecule has 0 bridgehead atoms. The normalized spacial score (nSPS) is 15.3. The lowest BCUT2D eigenvalue weighted by molar-refractivity contribution is -0.116. The SMILES string of the molecule is CN(C)[C@@H](CNS(=O)(=O)c1ccc2c(c1)CCC(=O)N2)c1ccc(F)cc1. The highest BCUT2D eigenvalue weighted by atomic mass is 32.2. The number of carbonyl (C=O) groups excluding carboxylic acids is 1. The molecule has 8 heteroatoms. The molecule has 0 spiro atoms. The Morgan fingerprint density at radius 1 is 1.15 bits per heavy atom. The second-order valence-electron chi connectivity index (χ2n) is 6.75. The van der Waals surface area contributed by atoms with Crippen molar-refractivity contribution in [2.24, 2.45) is 0 Å². The Hall–Kier alpha value is -2.29. The Morgan fingerprint density at radius 3 is 2.52 bits per heavy atom. The highest BCUT2D eigenvalue weighted by molar-refractivity contribution is 7.89. The molecule has 2 aromatic rings. The minimum absolute atomic E-state index is 0.0654. The van der Waals surface area contributed by atoms with Gasteiger partial charge in [-0.05, 0) is 62.0 Å². The average Bonchev–Trinajstić information content (AvgIpc) is 2.62. The highest BCUT2D eigenvalue weighted by Crippen LogP contribution is 2.26. The molecule has 0 fully saturated rings. The quantitative estimate of drug-likeness (QED) is 0.792. The molecule has 144 valence electrons. The van der Waals surface area contributed by atoms with Crippen molar-refractivity contribution in [1.82, 2.24) is 9.62 Å². The molecule has 0 saturated carbocycles. The summed E-state index contributed by atoms with van der Waals surface area (Å²) in [4.78, 5) is 13.5. The van der Waals surface area contributed by atoms with Crippen LogP contribution in [0.15, 0.2) is 47.4 Å². The topological polar surface area (TPSA) is 78.5 Å². The molecule has 2 aromatic carbocycles. The van der Waals surface area contributed by atoms with Gasteiger partial charge < -0.3 is 10.2 Å². The van der Waals surface area contributed by atoms with Crippen LogP contribution in [0, 0.1) is 5.82 Å². The summed E-state index contributed by atoms with van der Waals surface area (Å²) in [5.74, 6) is -0.401. The summed E-state index contributed by atoms with van der Waals surface area (Å²) >= 11 is 0. The van der Waals surface area contributed by atoms with E-state index in [-0.39, 0.29) is 29.2 Å². The molecule has 0 aromatic heterocycles.